The molecular weight excluding hydrogens is 120 g/mol. The van der Waals surface area contributed by atoms with E-state index in [2.05, 4.69) is 4.98 Å². The molecule has 0 radical (unpaired) electrons. The third kappa shape index (κ3) is 1.28. The number of hydrogen-bond donors (Lipinski definition) is 2. The van der Waals surface area contributed by atoms with Crippen LogP contribution in [0.1, 0.15) is 11.6 Å². The highest BCUT2D eigenvalue weighted by atomic mass is 16.3. The van der Waals surface area contributed by atoms with Crippen LogP contribution >= 0.6 is 0 Å². The number of oxazole rings is 1. The number of aliphatic hydroxyl groups excluding tert-OH is 1. The summed E-state index contributed by atoms with van der Waals surface area (Å²) in [4.78, 5) is 3.81. The summed E-state index contributed by atoms with van der Waals surface area (Å²) in [5.41, 5.74) is 5.70. The average molecular weight is 128 g/mol. The van der Waals surface area contributed by atoms with E-state index in [1.165, 1.54) is 6.26 Å². The van der Waals surface area contributed by atoms with E-state index in [0.29, 0.717) is 11.6 Å². The van der Waals surface area contributed by atoms with Gasteiger partial charge in [0, 0.05) is 0 Å². The molecule has 1 heterocycles. The molecule has 1 aromatic rings. The van der Waals surface area contributed by atoms with Gasteiger partial charge in [-0.2, -0.15) is 0 Å². The lowest BCUT2D eigenvalue weighted by molar-refractivity contribution is 0.276. The molecule has 0 aromatic carbocycles. The van der Waals surface area contributed by atoms with Gasteiger partial charge >= 0.3 is 0 Å². The molecule has 1 aromatic heterocycles. The number of nitrogens with two attached hydrogens (primary N) is 1. The second-order valence-electron chi connectivity index (χ2n) is 1.59. The van der Waals surface area contributed by atoms with E-state index in [1.807, 2.05) is 0 Å². The summed E-state index contributed by atoms with van der Waals surface area (Å²) in [6.07, 6.45) is 1.39. The van der Waals surface area contributed by atoms with Crippen molar-refractivity contribution in [3.63, 3.8) is 0 Å². The molecule has 9 heavy (non-hydrogen) atoms. The molecule has 0 fully saturated rings. The zero-order chi connectivity index (χ0) is 6.69. The quantitative estimate of drug-likeness (QED) is 0.569. The Morgan fingerprint density at radius 3 is 2.89 bits per heavy atom. The minimum atomic E-state index is -0.0938. The van der Waals surface area contributed by atoms with Gasteiger partial charge in [0.15, 0.2) is 0 Å². The van der Waals surface area contributed by atoms with Crippen LogP contribution in [0.2, 0.25) is 0 Å². The van der Waals surface area contributed by atoms with Gasteiger partial charge in [-0.25, -0.2) is 4.98 Å². The first-order chi connectivity index (χ1) is 4.36. The first kappa shape index (κ1) is 6.25. The third-order valence-electron chi connectivity index (χ3n) is 0.936. The van der Waals surface area contributed by atoms with Crippen molar-refractivity contribution in [2.24, 2.45) is 5.73 Å². The first-order valence-electron chi connectivity index (χ1n) is 2.61. The molecule has 1 rings (SSSR count). The molecule has 0 bridgehead atoms. The molecule has 0 aliphatic heterocycles. The third-order valence-corrected chi connectivity index (χ3v) is 0.936. The molecule has 50 valence electrons. The van der Waals surface area contributed by atoms with Crippen molar-refractivity contribution in [2.45, 2.75) is 13.2 Å². The number of hydrogen-bond acceptors (Lipinski definition) is 4. The van der Waals surface area contributed by atoms with Crippen molar-refractivity contribution >= 4 is 0 Å². The highest BCUT2D eigenvalue weighted by molar-refractivity contribution is 4.93. The van der Waals surface area contributed by atoms with Crippen LogP contribution in [0.4, 0.5) is 0 Å². The van der Waals surface area contributed by atoms with Gasteiger partial charge in [-0.05, 0) is 0 Å². The van der Waals surface area contributed by atoms with E-state index in [4.69, 9.17) is 15.3 Å². The van der Waals surface area contributed by atoms with Crippen LogP contribution in [0.5, 0.6) is 0 Å². The number of aliphatic hydroxyl groups is 1. The molecule has 4 nitrogen and oxygen atoms in total. The van der Waals surface area contributed by atoms with Crippen molar-refractivity contribution in [2.75, 3.05) is 0 Å². The summed E-state index contributed by atoms with van der Waals surface area (Å²) in [6, 6.07) is 0. The van der Waals surface area contributed by atoms with Gasteiger partial charge < -0.3 is 15.3 Å². The average Bonchev–Trinajstić information content (AvgIpc) is 2.34. The van der Waals surface area contributed by atoms with E-state index in [9.17, 15) is 0 Å². The predicted octanol–water partition coefficient (Wildman–Crippen LogP) is -0.374. The van der Waals surface area contributed by atoms with Crippen LogP contribution in [0, 0.1) is 0 Å². The standard InChI is InChI=1S/C5H8N2O2/c6-1-5-7-4(2-8)3-9-5/h3,8H,1-2,6H2. The molecule has 3 N–H and O–H groups in total. The monoisotopic (exact) mass is 128 g/mol. The molecule has 0 spiro atoms. The fourth-order valence-electron chi connectivity index (χ4n) is 0.515. The lowest BCUT2D eigenvalue weighted by atomic mass is 10.5. The number of nitrogens with zero attached hydrogens (tertiary/aromatic N) is 1. The zero-order valence-electron chi connectivity index (χ0n) is 4.87. The summed E-state index contributed by atoms with van der Waals surface area (Å²) in [5, 5.41) is 8.48. The number of aromatic nitrogens is 1. The summed E-state index contributed by atoms with van der Waals surface area (Å²) in [5.74, 6) is 0.457. The van der Waals surface area contributed by atoms with E-state index >= 15 is 0 Å². The van der Waals surface area contributed by atoms with Gasteiger partial charge in [0.25, 0.3) is 0 Å². The molecule has 4 heteroatoms. The summed E-state index contributed by atoms with van der Waals surface area (Å²) >= 11 is 0. The van der Waals surface area contributed by atoms with Crippen LogP contribution in [0.15, 0.2) is 10.7 Å². The Morgan fingerprint density at radius 2 is 2.56 bits per heavy atom. The second-order valence-corrected chi connectivity index (χ2v) is 1.59. The van der Waals surface area contributed by atoms with E-state index in [0.717, 1.165) is 0 Å². The van der Waals surface area contributed by atoms with Crippen LogP contribution in [0.25, 0.3) is 0 Å². The Balaban J connectivity index is 2.74. The maximum atomic E-state index is 8.48. The zero-order valence-corrected chi connectivity index (χ0v) is 4.87. The molecule has 0 unspecified atom stereocenters. The molecule has 0 atom stereocenters. The molecule has 0 saturated heterocycles. The van der Waals surface area contributed by atoms with Crippen molar-refractivity contribution in [3.05, 3.63) is 17.8 Å². The maximum Gasteiger partial charge on any atom is 0.208 e. The fraction of sp³-hybridized carbons (Fsp3) is 0.400. The second kappa shape index (κ2) is 2.61. The molecule has 0 aliphatic rings. The maximum absolute atomic E-state index is 8.48. The number of rotatable bonds is 2. The van der Waals surface area contributed by atoms with Gasteiger partial charge in [0.05, 0.1) is 13.2 Å². The Morgan fingerprint density at radius 1 is 1.78 bits per heavy atom. The first-order valence-corrected chi connectivity index (χ1v) is 2.61. The van der Waals surface area contributed by atoms with Gasteiger partial charge in [0.1, 0.15) is 12.0 Å². The van der Waals surface area contributed by atoms with Gasteiger partial charge in [0.2, 0.25) is 5.89 Å². The Hall–Kier alpha value is -0.870. The molecular formula is C5H8N2O2. The van der Waals surface area contributed by atoms with Crippen molar-refractivity contribution in [3.8, 4) is 0 Å². The predicted molar refractivity (Wildman–Crippen MR) is 30.3 cm³/mol. The Bertz CT molecular complexity index is 166. The highest BCUT2D eigenvalue weighted by Gasteiger charge is 1.97. The topological polar surface area (TPSA) is 72.3 Å². The lowest BCUT2D eigenvalue weighted by Gasteiger charge is -1.81. The van der Waals surface area contributed by atoms with E-state index in [1.54, 1.807) is 0 Å². The van der Waals surface area contributed by atoms with Crippen LogP contribution < -0.4 is 5.73 Å². The molecule has 0 aliphatic carbocycles. The van der Waals surface area contributed by atoms with Crippen molar-refractivity contribution in [1.82, 2.24) is 4.98 Å². The normalized spacial score (nSPS) is 10.0. The summed E-state index contributed by atoms with van der Waals surface area (Å²) in [6.45, 7) is 0.184. The van der Waals surface area contributed by atoms with Crippen LogP contribution in [0.3, 0.4) is 0 Å². The minimum Gasteiger partial charge on any atom is -0.447 e. The molecule has 0 amide bonds. The SMILES string of the molecule is NCc1nc(CO)co1. The van der Waals surface area contributed by atoms with Gasteiger partial charge in [-0.3, -0.25) is 0 Å². The minimum absolute atomic E-state index is 0.0938. The van der Waals surface area contributed by atoms with E-state index in [-0.39, 0.29) is 13.2 Å². The largest absolute Gasteiger partial charge is 0.447 e. The Kier molecular flexibility index (Phi) is 1.81. The van der Waals surface area contributed by atoms with Crippen LogP contribution in [-0.2, 0) is 13.2 Å². The smallest absolute Gasteiger partial charge is 0.208 e. The summed E-state index contributed by atoms with van der Waals surface area (Å²) in [7, 11) is 0. The summed E-state index contributed by atoms with van der Waals surface area (Å²) < 4.78 is 4.81. The van der Waals surface area contributed by atoms with Gasteiger partial charge in [-0.15, -0.1) is 0 Å². The Labute approximate surface area is 52.3 Å². The lowest BCUT2D eigenvalue weighted by Crippen LogP contribution is -1.96. The van der Waals surface area contributed by atoms with Crippen LogP contribution in [-0.4, -0.2) is 10.1 Å². The van der Waals surface area contributed by atoms with Gasteiger partial charge in [-0.1, -0.05) is 0 Å². The fourth-order valence-corrected chi connectivity index (χ4v) is 0.515. The highest BCUT2D eigenvalue weighted by Crippen LogP contribution is 1.99. The van der Waals surface area contributed by atoms with E-state index < -0.39 is 0 Å². The van der Waals surface area contributed by atoms with Crippen molar-refractivity contribution < 1.29 is 9.52 Å². The van der Waals surface area contributed by atoms with Crippen molar-refractivity contribution in [1.29, 1.82) is 0 Å². The molecule has 0 saturated carbocycles.